The van der Waals surface area contributed by atoms with Crippen molar-refractivity contribution in [3.05, 3.63) is 23.9 Å². The Kier molecular flexibility index (Phi) is 4.90. The summed E-state index contributed by atoms with van der Waals surface area (Å²) in [5, 5.41) is 3.46. The molecule has 1 unspecified atom stereocenters. The molecule has 3 N–H and O–H groups in total. The second-order valence-electron chi connectivity index (χ2n) is 4.71. The molecule has 0 aliphatic rings. The molecule has 0 radical (unpaired) electrons. The standard InChI is InChI=1S/C13H23N3O/c1-5-15-11(13(2,3)17-4)8-10-6-7-16-12(14)9-10/h6-7,9,11,15H,5,8H2,1-4H3,(H2,14,16). The fourth-order valence-electron chi connectivity index (χ4n) is 1.81. The predicted octanol–water partition coefficient (Wildman–Crippen LogP) is 1.61. The van der Waals surface area contributed by atoms with Gasteiger partial charge in [0, 0.05) is 19.3 Å². The first kappa shape index (κ1) is 13.9. The molecule has 4 heteroatoms. The number of likely N-dealkylation sites (N-methyl/N-ethyl adjacent to an activating group) is 1. The molecule has 1 aromatic rings. The van der Waals surface area contributed by atoms with Gasteiger partial charge in [0.25, 0.3) is 0 Å². The molecule has 0 bridgehead atoms. The number of rotatable bonds is 6. The summed E-state index contributed by atoms with van der Waals surface area (Å²) < 4.78 is 5.55. The van der Waals surface area contributed by atoms with E-state index in [9.17, 15) is 0 Å². The molecule has 1 aromatic heterocycles. The lowest BCUT2D eigenvalue weighted by atomic mass is 9.92. The molecule has 17 heavy (non-hydrogen) atoms. The molecular weight excluding hydrogens is 214 g/mol. The number of methoxy groups -OCH3 is 1. The Morgan fingerprint density at radius 1 is 1.53 bits per heavy atom. The van der Waals surface area contributed by atoms with Crippen molar-refractivity contribution in [3.63, 3.8) is 0 Å². The Bertz CT molecular complexity index is 352. The van der Waals surface area contributed by atoms with Crippen molar-refractivity contribution in [2.24, 2.45) is 0 Å². The van der Waals surface area contributed by atoms with E-state index in [4.69, 9.17) is 10.5 Å². The number of hydrogen-bond acceptors (Lipinski definition) is 4. The highest BCUT2D eigenvalue weighted by molar-refractivity contribution is 5.32. The zero-order valence-electron chi connectivity index (χ0n) is 11.2. The lowest BCUT2D eigenvalue weighted by molar-refractivity contribution is -0.00960. The van der Waals surface area contributed by atoms with Crippen LogP contribution in [0, 0.1) is 0 Å². The number of pyridine rings is 1. The highest BCUT2D eigenvalue weighted by atomic mass is 16.5. The summed E-state index contributed by atoms with van der Waals surface area (Å²) in [6.07, 6.45) is 2.62. The third-order valence-corrected chi connectivity index (χ3v) is 3.10. The first-order valence-electron chi connectivity index (χ1n) is 5.98. The lowest BCUT2D eigenvalue weighted by Gasteiger charge is -2.34. The average molecular weight is 237 g/mol. The summed E-state index contributed by atoms with van der Waals surface area (Å²) in [7, 11) is 1.74. The van der Waals surface area contributed by atoms with E-state index in [1.54, 1.807) is 13.3 Å². The molecule has 1 rings (SSSR count). The minimum Gasteiger partial charge on any atom is -0.384 e. The molecule has 0 spiro atoms. The number of nitrogens with two attached hydrogens (primary N) is 1. The van der Waals surface area contributed by atoms with Gasteiger partial charge >= 0.3 is 0 Å². The maximum absolute atomic E-state index is 5.69. The van der Waals surface area contributed by atoms with Crippen LogP contribution in [0.1, 0.15) is 26.3 Å². The summed E-state index contributed by atoms with van der Waals surface area (Å²) in [5.74, 6) is 0.563. The second kappa shape index (κ2) is 5.98. The Morgan fingerprint density at radius 3 is 2.76 bits per heavy atom. The molecule has 96 valence electrons. The van der Waals surface area contributed by atoms with E-state index in [-0.39, 0.29) is 11.6 Å². The van der Waals surface area contributed by atoms with Gasteiger partial charge in [-0.1, -0.05) is 6.92 Å². The van der Waals surface area contributed by atoms with Gasteiger partial charge in [-0.15, -0.1) is 0 Å². The Balaban J connectivity index is 2.80. The maximum Gasteiger partial charge on any atom is 0.123 e. The predicted molar refractivity (Wildman–Crippen MR) is 70.9 cm³/mol. The second-order valence-corrected chi connectivity index (χ2v) is 4.71. The van der Waals surface area contributed by atoms with E-state index in [0.29, 0.717) is 5.82 Å². The minimum atomic E-state index is -0.214. The topological polar surface area (TPSA) is 60.2 Å². The van der Waals surface area contributed by atoms with Gasteiger partial charge < -0.3 is 15.8 Å². The van der Waals surface area contributed by atoms with Crippen LogP contribution < -0.4 is 11.1 Å². The van der Waals surface area contributed by atoms with Gasteiger partial charge in [0.2, 0.25) is 0 Å². The van der Waals surface area contributed by atoms with Gasteiger partial charge in [-0.05, 0) is 44.5 Å². The zero-order valence-corrected chi connectivity index (χ0v) is 11.2. The van der Waals surface area contributed by atoms with Crippen molar-refractivity contribution in [3.8, 4) is 0 Å². The molecule has 0 saturated heterocycles. The number of ether oxygens (including phenoxy) is 1. The molecule has 0 fully saturated rings. The van der Waals surface area contributed by atoms with Crippen LogP contribution in [-0.4, -0.2) is 30.3 Å². The minimum absolute atomic E-state index is 0.214. The molecule has 0 aliphatic carbocycles. The van der Waals surface area contributed by atoms with Gasteiger partial charge in [0.15, 0.2) is 0 Å². The van der Waals surface area contributed by atoms with Gasteiger partial charge in [0.05, 0.1) is 5.60 Å². The third-order valence-electron chi connectivity index (χ3n) is 3.10. The van der Waals surface area contributed by atoms with Crippen molar-refractivity contribution in [2.75, 3.05) is 19.4 Å². The summed E-state index contributed by atoms with van der Waals surface area (Å²) >= 11 is 0. The highest BCUT2D eigenvalue weighted by Crippen LogP contribution is 2.18. The molecule has 0 saturated carbocycles. The van der Waals surface area contributed by atoms with Gasteiger partial charge in [-0.2, -0.15) is 0 Å². The number of anilines is 1. The summed E-state index contributed by atoms with van der Waals surface area (Å²) in [5.41, 5.74) is 6.65. The van der Waals surface area contributed by atoms with Crippen molar-refractivity contribution < 1.29 is 4.74 Å². The summed E-state index contributed by atoms with van der Waals surface area (Å²) in [4.78, 5) is 4.00. The molecule has 4 nitrogen and oxygen atoms in total. The van der Waals surface area contributed by atoms with Gasteiger partial charge in [-0.3, -0.25) is 0 Å². The van der Waals surface area contributed by atoms with Gasteiger partial charge in [-0.25, -0.2) is 4.98 Å². The van der Waals surface area contributed by atoms with Crippen molar-refractivity contribution in [1.82, 2.24) is 10.3 Å². The molecule has 0 aromatic carbocycles. The van der Waals surface area contributed by atoms with Crippen LogP contribution >= 0.6 is 0 Å². The number of nitrogens with one attached hydrogen (secondary N) is 1. The monoisotopic (exact) mass is 237 g/mol. The van der Waals surface area contributed by atoms with Crippen molar-refractivity contribution in [2.45, 2.75) is 38.8 Å². The van der Waals surface area contributed by atoms with E-state index in [0.717, 1.165) is 13.0 Å². The Labute approximate surface area is 104 Å². The third kappa shape index (κ3) is 3.98. The normalized spacial score (nSPS) is 13.6. The molecule has 1 heterocycles. The van der Waals surface area contributed by atoms with Crippen LogP contribution in [0.3, 0.4) is 0 Å². The molecule has 0 amide bonds. The fourth-order valence-corrected chi connectivity index (χ4v) is 1.81. The van der Waals surface area contributed by atoms with Crippen LogP contribution in [0.5, 0.6) is 0 Å². The van der Waals surface area contributed by atoms with Crippen LogP contribution in [0.15, 0.2) is 18.3 Å². The smallest absolute Gasteiger partial charge is 0.123 e. The molecule has 0 aliphatic heterocycles. The maximum atomic E-state index is 5.69. The van der Waals surface area contributed by atoms with Crippen LogP contribution in [0.2, 0.25) is 0 Å². The average Bonchev–Trinajstić information content (AvgIpc) is 2.28. The van der Waals surface area contributed by atoms with Crippen LogP contribution in [0.4, 0.5) is 5.82 Å². The first-order chi connectivity index (χ1) is 7.99. The van der Waals surface area contributed by atoms with Crippen molar-refractivity contribution in [1.29, 1.82) is 0 Å². The molecule has 1 atom stereocenters. The highest BCUT2D eigenvalue weighted by Gasteiger charge is 2.28. The van der Waals surface area contributed by atoms with Crippen LogP contribution in [-0.2, 0) is 11.2 Å². The lowest BCUT2D eigenvalue weighted by Crippen LogP contribution is -2.49. The molecular formula is C13H23N3O. The van der Waals surface area contributed by atoms with E-state index in [1.807, 2.05) is 12.1 Å². The Hall–Kier alpha value is -1.13. The van der Waals surface area contributed by atoms with E-state index in [1.165, 1.54) is 5.56 Å². The Morgan fingerprint density at radius 2 is 2.24 bits per heavy atom. The van der Waals surface area contributed by atoms with Crippen LogP contribution in [0.25, 0.3) is 0 Å². The first-order valence-corrected chi connectivity index (χ1v) is 5.98. The number of hydrogen-bond donors (Lipinski definition) is 2. The quantitative estimate of drug-likeness (QED) is 0.789. The zero-order chi connectivity index (χ0) is 12.9. The fraction of sp³-hybridized carbons (Fsp3) is 0.615. The number of aromatic nitrogens is 1. The summed E-state index contributed by atoms with van der Waals surface area (Å²) in [6, 6.07) is 4.15. The van der Waals surface area contributed by atoms with Gasteiger partial charge in [0.1, 0.15) is 5.82 Å². The SMILES string of the molecule is CCNC(Cc1ccnc(N)c1)C(C)(C)OC. The van der Waals surface area contributed by atoms with E-state index < -0.39 is 0 Å². The largest absolute Gasteiger partial charge is 0.384 e. The number of nitrogen functional groups attached to an aromatic ring is 1. The van der Waals surface area contributed by atoms with Crippen molar-refractivity contribution >= 4 is 5.82 Å². The summed E-state index contributed by atoms with van der Waals surface area (Å²) in [6.45, 7) is 7.19. The van der Waals surface area contributed by atoms with E-state index >= 15 is 0 Å². The van der Waals surface area contributed by atoms with E-state index in [2.05, 4.69) is 31.1 Å². The number of nitrogens with zero attached hydrogens (tertiary/aromatic N) is 1.